The number of carbonyl (C=O) groups is 1. The number of amides is 1. The van der Waals surface area contributed by atoms with Gasteiger partial charge < -0.3 is 10.6 Å². The summed E-state index contributed by atoms with van der Waals surface area (Å²) in [5, 5.41) is 6.34. The van der Waals surface area contributed by atoms with E-state index in [4.69, 9.17) is 0 Å². The smallest absolute Gasteiger partial charge is 0.255 e. The zero-order chi connectivity index (χ0) is 13.9. The predicted octanol–water partition coefficient (Wildman–Crippen LogP) is 3.19. The summed E-state index contributed by atoms with van der Waals surface area (Å²) in [6.07, 6.45) is 0.908. The number of anilines is 1. The number of carbonyl (C=O) groups excluding carboxylic acids is 1. The van der Waals surface area contributed by atoms with Crippen LogP contribution in [-0.4, -0.2) is 12.5 Å². The van der Waals surface area contributed by atoms with E-state index in [2.05, 4.69) is 39.3 Å². The highest BCUT2D eigenvalue weighted by Gasteiger charge is 2.17. The molecule has 0 aromatic heterocycles. The van der Waals surface area contributed by atoms with Gasteiger partial charge in [-0.2, -0.15) is 0 Å². The minimum atomic E-state index is -0.0205. The minimum absolute atomic E-state index is 0.0205. The standard InChI is InChI=1S/C16H15IN2O/c17-14-6-1-2-7-15(14)19-16(20)13-5-3-4-11-10-18-9-8-12(11)13/h1-7,18H,8-10H2,(H,19,20). The molecule has 1 aliphatic rings. The molecule has 0 saturated carbocycles. The summed E-state index contributed by atoms with van der Waals surface area (Å²) in [6.45, 7) is 1.78. The van der Waals surface area contributed by atoms with Crippen molar-refractivity contribution in [3.8, 4) is 0 Å². The molecule has 1 heterocycles. The molecular formula is C16H15IN2O. The summed E-state index contributed by atoms with van der Waals surface area (Å²) in [7, 11) is 0. The summed E-state index contributed by atoms with van der Waals surface area (Å²) in [5.74, 6) is -0.0205. The third-order valence-corrected chi connectivity index (χ3v) is 4.45. The SMILES string of the molecule is O=C(Nc1ccccc1I)c1cccc2c1CCNC2. The average molecular weight is 378 g/mol. The Labute approximate surface area is 131 Å². The lowest BCUT2D eigenvalue weighted by atomic mass is 9.95. The largest absolute Gasteiger partial charge is 0.321 e. The highest BCUT2D eigenvalue weighted by atomic mass is 127. The zero-order valence-electron chi connectivity index (χ0n) is 10.9. The molecule has 0 bridgehead atoms. The van der Waals surface area contributed by atoms with Crippen molar-refractivity contribution in [3.05, 3.63) is 62.7 Å². The summed E-state index contributed by atoms with van der Waals surface area (Å²) >= 11 is 2.23. The summed E-state index contributed by atoms with van der Waals surface area (Å²) in [6, 6.07) is 13.8. The van der Waals surface area contributed by atoms with E-state index in [0.29, 0.717) is 0 Å². The van der Waals surface area contributed by atoms with Gasteiger partial charge >= 0.3 is 0 Å². The molecule has 3 nitrogen and oxygen atoms in total. The number of para-hydroxylation sites is 1. The van der Waals surface area contributed by atoms with Crippen molar-refractivity contribution in [1.29, 1.82) is 0 Å². The van der Waals surface area contributed by atoms with Gasteiger partial charge in [-0.15, -0.1) is 0 Å². The Morgan fingerprint density at radius 3 is 2.85 bits per heavy atom. The fourth-order valence-electron chi connectivity index (χ4n) is 2.50. The van der Waals surface area contributed by atoms with Crippen molar-refractivity contribution in [2.24, 2.45) is 0 Å². The van der Waals surface area contributed by atoms with Crippen LogP contribution in [0.15, 0.2) is 42.5 Å². The number of fused-ring (bicyclic) bond motifs is 1. The molecule has 1 aliphatic heterocycles. The Morgan fingerprint density at radius 1 is 1.15 bits per heavy atom. The van der Waals surface area contributed by atoms with Crippen LogP contribution in [0.1, 0.15) is 21.5 Å². The lowest BCUT2D eigenvalue weighted by molar-refractivity contribution is 0.102. The number of halogens is 1. The molecular weight excluding hydrogens is 363 g/mol. The van der Waals surface area contributed by atoms with Crippen LogP contribution in [0.3, 0.4) is 0 Å². The fraction of sp³-hybridized carbons (Fsp3) is 0.188. The Hall–Kier alpha value is -1.40. The summed E-state index contributed by atoms with van der Waals surface area (Å²) in [4.78, 5) is 12.5. The highest BCUT2D eigenvalue weighted by molar-refractivity contribution is 14.1. The molecule has 0 atom stereocenters. The highest BCUT2D eigenvalue weighted by Crippen LogP contribution is 2.22. The van der Waals surface area contributed by atoms with Gasteiger partial charge in [-0.1, -0.05) is 24.3 Å². The third-order valence-electron chi connectivity index (χ3n) is 3.51. The molecule has 0 unspecified atom stereocenters. The Morgan fingerprint density at radius 2 is 2.00 bits per heavy atom. The second-order valence-electron chi connectivity index (χ2n) is 4.80. The van der Waals surface area contributed by atoms with Gasteiger partial charge in [0.25, 0.3) is 5.91 Å². The van der Waals surface area contributed by atoms with Gasteiger partial charge in [-0.3, -0.25) is 4.79 Å². The molecule has 3 rings (SSSR count). The quantitative estimate of drug-likeness (QED) is 0.789. The van der Waals surface area contributed by atoms with Gasteiger partial charge in [-0.25, -0.2) is 0 Å². The third kappa shape index (κ3) is 2.71. The molecule has 0 spiro atoms. The first-order chi connectivity index (χ1) is 9.75. The van der Waals surface area contributed by atoms with Crippen LogP contribution in [0, 0.1) is 3.57 Å². The molecule has 2 aromatic rings. The van der Waals surface area contributed by atoms with Crippen LogP contribution >= 0.6 is 22.6 Å². The van der Waals surface area contributed by atoms with E-state index in [1.165, 1.54) is 11.1 Å². The van der Waals surface area contributed by atoms with Crippen molar-refractivity contribution < 1.29 is 4.79 Å². The van der Waals surface area contributed by atoms with E-state index in [-0.39, 0.29) is 5.91 Å². The maximum Gasteiger partial charge on any atom is 0.255 e. The molecule has 0 saturated heterocycles. The summed E-state index contributed by atoms with van der Waals surface area (Å²) in [5.41, 5.74) is 4.06. The van der Waals surface area contributed by atoms with Crippen LogP contribution in [-0.2, 0) is 13.0 Å². The van der Waals surface area contributed by atoms with Crippen LogP contribution in [0.25, 0.3) is 0 Å². The van der Waals surface area contributed by atoms with Crippen LogP contribution < -0.4 is 10.6 Å². The summed E-state index contributed by atoms with van der Waals surface area (Å²) < 4.78 is 1.05. The van der Waals surface area contributed by atoms with Crippen LogP contribution in [0.4, 0.5) is 5.69 Å². The monoisotopic (exact) mass is 378 g/mol. The second kappa shape index (κ2) is 5.93. The molecule has 4 heteroatoms. The molecule has 0 radical (unpaired) electrons. The van der Waals surface area contributed by atoms with Gasteiger partial charge in [-0.05, 0) is 64.9 Å². The first-order valence-corrected chi connectivity index (χ1v) is 7.71. The lowest BCUT2D eigenvalue weighted by Crippen LogP contribution is -2.26. The van der Waals surface area contributed by atoms with E-state index >= 15 is 0 Å². The van der Waals surface area contributed by atoms with Gasteiger partial charge in [0.1, 0.15) is 0 Å². The number of benzene rings is 2. The van der Waals surface area contributed by atoms with Crippen LogP contribution in [0.2, 0.25) is 0 Å². The second-order valence-corrected chi connectivity index (χ2v) is 5.97. The van der Waals surface area contributed by atoms with Crippen molar-refractivity contribution >= 4 is 34.2 Å². The van der Waals surface area contributed by atoms with E-state index in [9.17, 15) is 4.79 Å². The van der Waals surface area contributed by atoms with Crippen molar-refractivity contribution in [3.63, 3.8) is 0 Å². The number of rotatable bonds is 2. The molecule has 1 amide bonds. The Bertz CT molecular complexity index is 655. The Kier molecular flexibility index (Phi) is 4.03. The maximum absolute atomic E-state index is 12.5. The van der Waals surface area contributed by atoms with E-state index < -0.39 is 0 Å². The van der Waals surface area contributed by atoms with Crippen molar-refractivity contribution in [2.45, 2.75) is 13.0 Å². The molecule has 102 valence electrons. The Balaban J connectivity index is 1.90. The first kappa shape index (κ1) is 13.6. The van der Waals surface area contributed by atoms with Gasteiger partial charge in [0.15, 0.2) is 0 Å². The molecule has 2 aromatic carbocycles. The van der Waals surface area contributed by atoms with E-state index in [0.717, 1.165) is 34.3 Å². The van der Waals surface area contributed by atoms with E-state index in [1.807, 2.05) is 36.4 Å². The van der Waals surface area contributed by atoms with Crippen LogP contribution in [0.5, 0.6) is 0 Å². The zero-order valence-corrected chi connectivity index (χ0v) is 13.1. The fourth-order valence-corrected chi connectivity index (χ4v) is 3.02. The lowest BCUT2D eigenvalue weighted by Gasteiger charge is -2.20. The normalized spacial score (nSPS) is 13.7. The van der Waals surface area contributed by atoms with Crippen molar-refractivity contribution in [1.82, 2.24) is 5.32 Å². The topological polar surface area (TPSA) is 41.1 Å². The maximum atomic E-state index is 12.5. The number of hydrogen-bond donors (Lipinski definition) is 2. The molecule has 20 heavy (non-hydrogen) atoms. The first-order valence-electron chi connectivity index (χ1n) is 6.63. The van der Waals surface area contributed by atoms with Gasteiger partial charge in [0, 0.05) is 15.7 Å². The molecule has 0 fully saturated rings. The van der Waals surface area contributed by atoms with Gasteiger partial charge in [0.05, 0.1) is 5.69 Å². The number of nitrogens with one attached hydrogen (secondary N) is 2. The average Bonchev–Trinajstić information content (AvgIpc) is 2.49. The van der Waals surface area contributed by atoms with E-state index in [1.54, 1.807) is 0 Å². The molecule has 2 N–H and O–H groups in total. The molecule has 0 aliphatic carbocycles. The number of hydrogen-bond acceptors (Lipinski definition) is 2. The van der Waals surface area contributed by atoms with Gasteiger partial charge in [0.2, 0.25) is 0 Å². The van der Waals surface area contributed by atoms with Crippen molar-refractivity contribution in [2.75, 3.05) is 11.9 Å². The predicted molar refractivity (Wildman–Crippen MR) is 89.0 cm³/mol. The minimum Gasteiger partial charge on any atom is -0.321 e.